The molecule has 0 aliphatic rings. The summed E-state index contributed by atoms with van der Waals surface area (Å²) in [5.41, 5.74) is 3.90. The first-order valence-electron chi connectivity index (χ1n) is 9.79. The number of likely N-dealkylation sites (N-methyl/N-ethyl adjacent to an activating group) is 2. The quantitative estimate of drug-likeness (QED) is 0.624. The predicted octanol–water partition coefficient (Wildman–Crippen LogP) is 2.18. The summed E-state index contributed by atoms with van der Waals surface area (Å²) in [6, 6.07) is 19.9. The van der Waals surface area contributed by atoms with E-state index >= 15 is 0 Å². The number of hydrogen-bond acceptors (Lipinski definition) is 4. The van der Waals surface area contributed by atoms with E-state index in [0.29, 0.717) is 6.54 Å². The molecule has 0 unspecified atom stereocenters. The van der Waals surface area contributed by atoms with Crippen molar-refractivity contribution in [3.8, 4) is 16.9 Å². The molecule has 1 N–H and O–H groups in total. The number of aromatic nitrogens is 2. The molecule has 1 heterocycles. The summed E-state index contributed by atoms with van der Waals surface area (Å²) < 4.78 is 1.86. The zero-order chi connectivity index (χ0) is 21.5. The Kier molecular flexibility index (Phi) is 6.98. The van der Waals surface area contributed by atoms with Crippen LogP contribution in [0.4, 0.5) is 0 Å². The lowest BCUT2D eigenvalue weighted by atomic mass is 10.1. The van der Waals surface area contributed by atoms with E-state index in [9.17, 15) is 9.59 Å². The van der Waals surface area contributed by atoms with Gasteiger partial charge in [-0.05, 0) is 19.2 Å². The number of nitrogens with zero attached hydrogens (tertiary/aromatic N) is 4. The Morgan fingerprint density at radius 2 is 1.60 bits per heavy atom. The molecule has 30 heavy (non-hydrogen) atoms. The predicted molar refractivity (Wildman–Crippen MR) is 117 cm³/mol. The standard InChI is InChI=1S/C23H27N5O2/c1-26(2)22(30)14-24-21(29)17-27(3)15-19-16-28(20-12-8-5-9-13-20)25-23(19)18-10-6-4-7-11-18/h4-13,16H,14-15,17H2,1-3H3,(H,24,29). The number of hydrogen-bond donors (Lipinski definition) is 1. The first kappa shape index (κ1) is 21.3. The maximum absolute atomic E-state index is 12.2. The summed E-state index contributed by atoms with van der Waals surface area (Å²) in [6.07, 6.45) is 2.00. The zero-order valence-electron chi connectivity index (χ0n) is 17.6. The molecule has 3 rings (SSSR count). The first-order valence-corrected chi connectivity index (χ1v) is 9.79. The van der Waals surface area contributed by atoms with Gasteiger partial charge in [0.1, 0.15) is 0 Å². The molecular formula is C23H27N5O2. The van der Waals surface area contributed by atoms with Crippen molar-refractivity contribution in [1.82, 2.24) is 24.9 Å². The van der Waals surface area contributed by atoms with Crippen LogP contribution in [-0.4, -0.2) is 65.6 Å². The third-order valence-electron chi connectivity index (χ3n) is 4.65. The van der Waals surface area contributed by atoms with Gasteiger partial charge in [0.05, 0.1) is 24.5 Å². The number of benzene rings is 2. The molecule has 0 saturated carbocycles. The van der Waals surface area contributed by atoms with Crippen LogP contribution < -0.4 is 5.32 Å². The minimum Gasteiger partial charge on any atom is -0.347 e. The van der Waals surface area contributed by atoms with Gasteiger partial charge in [-0.3, -0.25) is 14.5 Å². The third kappa shape index (κ3) is 5.55. The maximum Gasteiger partial charge on any atom is 0.241 e. The van der Waals surface area contributed by atoms with Gasteiger partial charge in [-0.25, -0.2) is 4.68 Å². The molecule has 2 amide bonds. The first-order chi connectivity index (χ1) is 14.4. The number of nitrogens with one attached hydrogen (secondary N) is 1. The van der Waals surface area contributed by atoms with Crippen molar-refractivity contribution in [2.45, 2.75) is 6.54 Å². The van der Waals surface area contributed by atoms with Crippen molar-refractivity contribution in [1.29, 1.82) is 0 Å². The van der Waals surface area contributed by atoms with Gasteiger partial charge in [-0.1, -0.05) is 48.5 Å². The van der Waals surface area contributed by atoms with Gasteiger partial charge < -0.3 is 10.2 Å². The Labute approximate surface area is 176 Å². The summed E-state index contributed by atoms with van der Waals surface area (Å²) in [7, 11) is 5.20. The highest BCUT2D eigenvalue weighted by Crippen LogP contribution is 2.24. The van der Waals surface area contributed by atoms with E-state index in [2.05, 4.69) is 5.32 Å². The monoisotopic (exact) mass is 405 g/mol. The van der Waals surface area contributed by atoms with Crippen LogP contribution in [0.2, 0.25) is 0 Å². The molecule has 7 nitrogen and oxygen atoms in total. The molecule has 0 saturated heterocycles. The molecule has 3 aromatic rings. The number of carbonyl (C=O) groups excluding carboxylic acids is 2. The summed E-state index contributed by atoms with van der Waals surface area (Å²) in [6.45, 7) is 0.735. The summed E-state index contributed by atoms with van der Waals surface area (Å²) in [4.78, 5) is 27.2. The maximum atomic E-state index is 12.2. The SMILES string of the molecule is CN(CC(=O)NCC(=O)N(C)C)Cc1cn(-c2ccccc2)nc1-c1ccccc1. The highest BCUT2D eigenvalue weighted by Gasteiger charge is 2.16. The van der Waals surface area contributed by atoms with E-state index in [1.807, 2.05) is 83.5 Å². The fourth-order valence-corrected chi connectivity index (χ4v) is 3.06. The van der Waals surface area contributed by atoms with E-state index in [1.165, 1.54) is 4.90 Å². The Bertz CT molecular complexity index is 983. The third-order valence-corrected chi connectivity index (χ3v) is 4.65. The van der Waals surface area contributed by atoms with Crippen molar-refractivity contribution in [2.75, 3.05) is 34.2 Å². The van der Waals surface area contributed by atoms with Crippen molar-refractivity contribution < 1.29 is 9.59 Å². The van der Waals surface area contributed by atoms with Crippen LogP contribution >= 0.6 is 0 Å². The number of carbonyl (C=O) groups is 2. The van der Waals surface area contributed by atoms with Gasteiger partial charge in [-0.15, -0.1) is 0 Å². The van der Waals surface area contributed by atoms with Crippen LogP contribution in [0.3, 0.4) is 0 Å². The van der Waals surface area contributed by atoms with Crippen molar-refractivity contribution in [3.05, 3.63) is 72.4 Å². The molecule has 0 spiro atoms. The number of amides is 2. The van der Waals surface area contributed by atoms with Crippen LogP contribution in [0, 0.1) is 0 Å². The fourth-order valence-electron chi connectivity index (χ4n) is 3.06. The van der Waals surface area contributed by atoms with Crippen molar-refractivity contribution in [3.63, 3.8) is 0 Å². The van der Waals surface area contributed by atoms with Gasteiger partial charge in [-0.2, -0.15) is 5.10 Å². The van der Waals surface area contributed by atoms with E-state index in [4.69, 9.17) is 5.10 Å². The van der Waals surface area contributed by atoms with E-state index in [1.54, 1.807) is 14.1 Å². The lowest BCUT2D eigenvalue weighted by Gasteiger charge is -2.17. The minimum absolute atomic E-state index is 0.000871. The van der Waals surface area contributed by atoms with Crippen LogP contribution in [0.15, 0.2) is 66.9 Å². The Morgan fingerprint density at radius 1 is 0.967 bits per heavy atom. The van der Waals surface area contributed by atoms with E-state index in [-0.39, 0.29) is 24.9 Å². The topological polar surface area (TPSA) is 70.5 Å². The largest absolute Gasteiger partial charge is 0.347 e. The Hall–Kier alpha value is -3.45. The minimum atomic E-state index is -0.190. The number of rotatable bonds is 8. The molecule has 0 aliphatic heterocycles. The summed E-state index contributed by atoms with van der Waals surface area (Å²) in [5.74, 6) is -0.328. The van der Waals surface area contributed by atoms with Gasteiger partial charge >= 0.3 is 0 Å². The highest BCUT2D eigenvalue weighted by molar-refractivity contribution is 5.85. The molecule has 0 fully saturated rings. The molecule has 7 heteroatoms. The van der Waals surface area contributed by atoms with Crippen LogP contribution in [0.5, 0.6) is 0 Å². The van der Waals surface area contributed by atoms with Crippen molar-refractivity contribution >= 4 is 11.8 Å². The molecule has 1 aromatic heterocycles. The van der Waals surface area contributed by atoms with Gasteiger partial charge in [0.15, 0.2) is 0 Å². The van der Waals surface area contributed by atoms with Crippen LogP contribution in [0.1, 0.15) is 5.56 Å². The average molecular weight is 406 g/mol. The fraction of sp³-hybridized carbons (Fsp3) is 0.261. The second kappa shape index (κ2) is 9.84. The van der Waals surface area contributed by atoms with Crippen LogP contribution in [0.25, 0.3) is 16.9 Å². The highest BCUT2D eigenvalue weighted by atomic mass is 16.2. The molecule has 0 radical (unpaired) electrons. The Morgan fingerprint density at radius 3 is 2.23 bits per heavy atom. The summed E-state index contributed by atoms with van der Waals surface area (Å²) in [5, 5.41) is 7.47. The van der Waals surface area contributed by atoms with E-state index in [0.717, 1.165) is 22.5 Å². The smallest absolute Gasteiger partial charge is 0.241 e. The van der Waals surface area contributed by atoms with Gasteiger partial charge in [0.2, 0.25) is 11.8 Å². The van der Waals surface area contributed by atoms with Crippen molar-refractivity contribution in [2.24, 2.45) is 0 Å². The lowest BCUT2D eigenvalue weighted by molar-refractivity contribution is -0.131. The number of para-hydroxylation sites is 1. The van der Waals surface area contributed by atoms with Gasteiger partial charge in [0, 0.05) is 38.0 Å². The molecule has 2 aromatic carbocycles. The lowest BCUT2D eigenvalue weighted by Crippen LogP contribution is -2.40. The molecule has 156 valence electrons. The average Bonchev–Trinajstić information content (AvgIpc) is 3.16. The molecular weight excluding hydrogens is 378 g/mol. The van der Waals surface area contributed by atoms with Crippen LogP contribution in [-0.2, 0) is 16.1 Å². The zero-order valence-corrected chi connectivity index (χ0v) is 17.6. The Balaban J connectivity index is 1.75. The van der Waals surface area contributed by atoms with E-state index < -0.39 is 0 Å². The molecule has 0 atom stereocenters. The normalized spacial score (nSPS) is 10.8. The molecule has 0 bridgehead atoms. The van der Waals surface area contributed by atoms with Gasteiger partial charge in [0.25, 0.3) is 0 Å². The second-order valence-corrected chi connectivity index (χ2v) is 7.39. The summed E-state index contributed by atoms with van der Waals surface area (Å²) >= 11 is 0. The molecule has 0 aliphatic carbocycles. The second-order valence-electron chi connectivity index (χ2n) is 7.39.